The van der Waals surface area contributed by atoms with Crippen molar-refractivity contribution in [1.29, 1.82) is 0 Å². The zero-order chi connectivity index (χ0) is 32.4. The van der Waals surface area contributed by atoms with Crippen LogP contribution in [0.25, 0.3) is 33.3 Å². The normalized spacial score (nSPS) is 17.5. The van der Waals surface area contributed by atoms with Crippen LogP contribution in [0.2, 0.25) is 0 Å². The Labute approximate surface area is 251 Å². The summed E-state index contributed by atoms with van der Waals surface area (Å²) in [5.74, 6) is 2.14. The summed E-state index contributed by atoms with van der Waals surface area (Å²) in [6.07, 6.45) is 10.9. The van der Waals surface area contributed by atoms with Crippen LogP contribution in [0.5, 0.6) is 11.5 Å². The number of hydrogen-bond donors (Lipinski definition) is 0. The fourth-order valence-electron chi connectivity index (χ4n) is 5.76. The lowest BCUT2D eigenvalue weighted by atomic mass is 10.1. The van der Waals surface area contributed by atoms with Crippen molar-refractivity contribution < 1.29 is 11.6 Å². The van der Waals surface area contributed by atoms with E-state index in [1.54, 1.807) is 4.90 Å². The predicted molar refractivity (Wildman–Crippen MR) is 171 cm³/mol. The van der Waals surface area contributed by atoms with Crippen molar-refractivity contribution >= 4 is 33.2 Å². The van der Waals surface area contributed by atoms with Crippen molar-refractivity contribution in [3.63, 3.8) is 0 Å². The van der Waals surface area contributed by atoms with E-state index in [-0.39, 0.29) is 29.9 Å². The second kappa shape index (κ2) is 9.82. The maximum absolute atomic E-state index is 8.58. The molecule has 0 N–H and O–H groups in total. The molecule has 4 aromatic carbocycles. The predicted octanol–water partition coefficient (Wildman–Crippen LogP) is 8.81. The third-order valence-corrected chi connectivity index (χ3v) is 7.64. The molecule has 0 saturated carbocycles. The van der Waals surface area contributed by atoms with Crippen LogP contribution in [0, 0.1) is 6.92 Å². The Morgan fingerprint density at radius 1 is 0.786 bits per heavy atom. The molecule has 8 rings (SSSR count). The number of hydrogen-bond acceptors (Lipinski definition) is 4. The second-order valence-corrected chi connectivity index (χ2v) is 10.3. The van der Waals surface area contributed by atoms with Crippen LogP contribution >= 0.6 is 0 Å². The Kier molecular flexibility index (Phi) is 4.56. The van der Waals surface area contributed by atoms with Crippen LogP contribution in [0.4, 0.5) is 5.69 Å². The maximum Gasteiger partial charge on any atom is 0.137 e. The van der Waals surface area contributed by atoms with E-state index in [1.807, 2.05) is 96.3 Å². The van der Waals surface area contributed by atoms with E-state index in [1.165, 1.54) is 0 Å². The molecule has 0 aliphatic carbocycles. The number of ether oxygens (including phenoxy) is 1. The summed E-state index contributed by atoms with van der Waals surface area (Å²) >= 11 is 0. The molecule has 0 spiro atoms. The van der Waals surface area contributed by atoms with Crippen LogP contribution in [-0.2, 0) is 0 Å². The number of fused-ring (bicyclic) bond motifs is 4. The van der Waals surface area contributed by atoms with Gasteiger partial charge in [-0.25, -0.2) is 4.98 Å². The number of nitrogens with zero attached hydrogens (tertiary/aromatic N) is 4. The molecule has 0 amide bonds. The van der Waals surface area contributed by atoms with E-state index in [9.17, 15) is 0 Å². The number of pyridine rings is 1. The molecule has 202 valence electrons. The smallest absolute Gasteiger partial charge is 0.137 e. The average Bonchev–Trinajstić information content (AvgIpc) is 3.63. The molecule has 4 heterocycles. The summed E-state index contributed by atoms with van der Waals surface area (Å²) in [6, 6.07) is 24.5. The van der Waals surface area contributed by atoms with Gasteiger partial charge in [-0.3, -0.25) is 4.57 Å². The molecule has 42 heavy (non-hydrogen) atoms. The van der Waals surface area contributed by atoms with Crippen molar-refractivity contribution in [2.75, 3.05) is 4.90 Å². The largest absolute Gasteiger partial charge is 0.457 e. The molecule has 2 aliphatic heterocycles. The number of rotatable bonds is 5. The Morgan fingerprint density at radius 3 is 2.55 bits per heavy atom. The van der Waals surface area contributed by atoms with Gasteiger partial charge in [0, 0.05) is 46.7 Å². The van der Waals surface area contributed by atoms with Gasteiger partial charge in [-0.15, -0.1) is 0 Å². The highest BCUT2D eigenvalue weighted by molar-refractivity contribution is 6.09. The molecule has 5 nitrogen and oxygen atoms in total. The fourth-order valence-corrected chi connectivity index (χ4v) is 5.76. The van der Waals surface area contributed by atoms with Gasteiger partial charge in [-0.2, -0.15) is 0 Å². The summed E-state index contributed by atoms with van der Waals surface area (Å²) in [5, 5.41) is 2.24. The van der Waals surface area contributed by atoms with Crippen molar-refractivity contribution in [3.8, 4) is 17.3 Å². The molecule has 2 aromatic heterocycles. The highest BCUT2D eigenvalue weighted by Gasteiger charge is 2.31. The Bertz CT molecular complexity index is 2310. The lowest BCUT2D eigenvalue weighted by molar-refractivity contribution is 0.470. The van der Waals surface area contributed by atoms with E-state index in [0.29, 0.717) is 11.5 Å². The first-order chi connectivity index (χ1) is 22.8. The number of para-hydroxylation sites is 2. The van der Waals surface area contributed by atoms with Crippen LogP contribution in [0.3, 0.4) is 0 Å². The second-order valence-electron chi connectivity index (χ2n) is 10.3. The van der Waals surface area contributed by atoms with Gasteiger partial charge in [0.2, 0.25) is 0 Å². The third kappa shape index (κ3) is 4.06. The van der Waals surface area contributed by atoms with Gasteiger partial charge in [0.05, 0.1) is 23.6 Å². The van der Waals surface area contributed by atoms with E-state index in [4.69, 9.17) is 11.6 Å². The van der Waals surface area contributed by atoms with Crippen LogP contribution < -0.4 is 9.64 Å². The molecular weight excluding hydrogens is 516 g/mol. The Morgan fingerprint density at radius 2 is 1.64 bits per heavy atom. The SMILES string of the molecule is [2H]c1c([2H])c([2H])c(N2C=C(c3cccc(Oc4ccc5c6ccccc6n(-c6cc(C)ccn6)c5c4)c3)N3C=CC=CC32)c([2H])c1[2H]. The number of allylic oxidation sites excluding steroid dienone is 2. The molecule has 2 aliphatic rings. The summed E-state index contributed by atoms with van der Waals surface area (Å²) in [7, 11) is 0. The number of aromatic nitrogens is 2. The van der Waals surface area contributed by atoms with Crippen LogP contribution in [0.1, 0.15) is 18.0 Å². The molecule has 0 radical (unpaired) electrons. The van der Waals surface area contributed by atoms with E-state index in [0.717, 1.165) is 44.4 Å². The number of anilines is 1. The summed E-state index contributed by atoms with van der Waals surface area (Å²) in [6.45, 7) is 2.06. The molecular formula is C37H28N4O. The zero-order valence-electron chi connectivity index (χ0n) is 27.7. The van der Waals surface area contributed by atoms with E-state index >= 15 is 0 Å². The average molecular weight is 550 g/mol. The Hall–Kier alpha value is -5.55. The van der Waals surface area contributed by atoms with Crippen molar-refractivity contribution in [2.45, 2.75) is 13.1 Å². The standard InChI is InChI=1S/C37H28N4O/c1-26-19-20-38-36(22-26)41-33-15-6-5-14-31(33)32-18-17-30(24-34(32)41)42-29-13-9-10-27(23-29)35-25-40(28-11-3-2-4-12-28)37-16-7-8-21-39(35)37/h2-25,37H,1H3/i2D,3D,4D,11D,12D. The minimum absolute atomic E-state index is 0.125. The molecule has 0 saturated heterocycles. The van der Waals surface area contributed by atoms with Gasteiger partial charge in [0.25, 0.3) is 0 Å². The van der Waals surface area contributed by atoms with Gasteiger partial charge in [0.1, 0.15) is 23.5 Å². The van der Waals surface area contributed by atoms with E-state index < -0.39 is 12.2 Å². The first kappa shape index (κ1) is 19.5. The lowest BCUT2D eigenvalue weighted by Gasteiger charge is -2.31. The van der Waals surface area contributed by atoms with Crippen LogP contribution in [0.15, 0.2) is 146 Å². The van der Waals surface area contributed by atoms with E-state index in [2.05, 4.69) is 40.7 Å². The van der Waals surface area contributed by atoms with Gasteiger partial charge < -0.3 is 14.5 Å². The van der Waals surface area contributed by atoms with Crippen molar-refractivity contribution in [2.24, 2.45) is 0 Å². The molecule has 5 heteroatoms. The van der Waals surface area contributed by atoms with Crippen molar-refractivity contribution in [1.82, 2.24) is 14.5 Å². The minimum Gasteiger partial charge on any atom is -0.457 e. The molecule has 1 atom stereocenters. The molecule has 0 fully saturated rings. The summed E-state index contributed by atoms with van der Waals surface area (Å²) in [5.41, 5.74) is 4.95. The van der Waals surface area contributed by atoms with Gasteiger partial charge >= 0.3 is 0 Å². The highest BCUT2D eigenvalue weighted by Crippen LogP contribution is 2.39. The summed E-state index contributed by atoms with van der Waals surface area (Å²) < 4.78 is 50.2. The first-order valence-electron chi connectivity index (χ1n) is 16.2. The maximum atomic E-state index is 8.58. The van der Waals surface area contributed by atoms with Gasteiger partial charge in [-0.1, -0.05) is 54.5 Å². The highest BCUT2D eigenvalue weighted by atomic mass is 16.5. The molecule has 0 bridgehead atoms. The Balaban J connectivity index is 1.19. The number of aryl methyl sites for hydroxylation is 1. The number of benzene rings is 4. The van der Waals surface area contributed by atoms with Gasteiger partial charge in [-0.05, 0) is 79.2 Å². The fraction of sp³-hybridized carbons (Fsp3) is 0.0541. The van der Waals surface area contributed by atoms with Gasteiger partial charge in [0.15, 0.2) is 0 Å². The third-order valence-electron chi connectivity index (χ3n) is 7.64. The quantitative estimate of drug-likeness (QED) is 0.215. The zero-order valence-corrected chi connectivity index (χ0v) is 22.7. The monoisotopic (exact) mass is 549 g/mol. The molecule has 6 aromatic rings. The van der Waals surface area contributed by atoms with Crippen LogP contribution in [-0.4, -0.2) is 20.6 Å². The van der Waals surface area contributed by atoms with Crippen molar-refractivity contribution in [3.05, 3.63) is 157 Å². The topological polar surface area (TPSA) is 33.5 Å². The lowest BCUT2D eigenvalue weighted by Crippen LogP contribution is -2.35. The summed E-state index contributed by atoms with van der Waals surface area (Å²) in [4.78, 5) is 8.43. The first-order valence-corrected chi connectivity index (χ1v) is 13.7. The minimum atomic E-state index is -0.415. The molecule has 1 unspecified atom stereocenters.